The first-order valence-electron chi connectivity index (χ1n) is 10.8. The highest BCUT2D eigenvalue weighted by molar-refractivity contribution is 6.00. The van der Waals surface area contributed by atoms with Crippen molar-refractivity contribution < 1.29 is 33.3 Å². The standard InChI is InChI=1S/C24H29NO7/c1-5-30-20(27)13-32-18-11-10-15(12-19(18)29-4)22-21(24(28)31-6-2)14(3)25-16-8-7-9-17(26)23(16)22/h10-12,21-22,25H,3,5-9,13H2,1-2,4H3. The number of ketones is 1. The second-order valence-corrected chi connectivity index (χ2v) is 7.53. The van der Waals surface area contributed by atoms with Crippen LogP contribution in [0.5, 0.6) is 11.5 Å². The molecule has 8 heteroatoms. The maximum absolute atomic E-state index is 12.9. The van der Waals surface area contributed by atoms with E-state index in [0.29, 0.717) is 41.2 Å². The molecule has 0 saturated heterocycles. The summed E-state index contributed by atoms with van der Waals surface area (Å²) < 4.78 is 21.2. The molecule has 1 aromatic carbocycles. The zero-order valence-electron chi connectivity index (χ0n) is 18.7. The molecule has 2 unspecified atom stereocenters. The van der Waals surface area contributed by atoms with Crippen molar-refractivity contribution in [3.8, 4) is 11.5 Å². The van der Waals surface area contributed by atoms with Gasteiger partial charge in [-0.2, -0.15) is 0 Å². The van der Waals surface area contributed by atoms with E-state index < -0.39 is 23.8 Å². The first kappa shape index (κ1) is 23.4. The molecule has 1 heterocycles. The predicted molar refractivity (Wildman–Crippen MR) is 116 cm³/mol. The van der Waals surface area contributed by atoms with Crippen LogP contribution in [-0.2, 0) is 23.9 Å². The lowest BCUT2D eigenvalue weighted by atomic mass is 9.71. The predicted octanol–water partition coefficient (Wildman–Crippen LogP) is 3.02. The van der Waals surface area contributed by atoms with Gasteiger partial charge in [-0.25, -0.2) is 4.79 Å². The molecule has 1 aliphatic heterocycles. The van der Waals surface area contributed by atoms with E-state index in [9.17, 15) is 14.4 Å². The SMILES string of the molecule is C=C1NC2=C(C(=O)CCC2)C(c2ccc(OCC(=O)OCC)c(OC)c2)C1C(=O)OCC. The third kappa shape index (κ3) is 4.79. The Hall–Kier alpha value is -3.29. The van der Waals surface area contributed by atoms with Crippen LogP contribution in [0.3, 0.4) is 0 Å². The van der Waals surface area contributed by atoms with Crippen molar-refractivity contribution in [1.82, 2.24) is 5.32 Å². The lowest BCUT2D eigenvalue weighted by molar-refractivity contribution is -0.147. The normalized spacial score (nSPS) is 20.2. The van der Waals surface area contributed by atoms with Crippen molar-refractivity contribution in [2.75, 3.05) is 26.9 Å². The fraction of sp³-hybridized carbons (Fsp3) is 0.458. The fourth-order valence-corrected chi connectivity index (χ4v) is 4.20. The zero-order valence-corrected chi connectivity index (χ0v) is 18.7. The molecule has 8 nitrogen and oxygen atoms in total. The van der Waals surface area contributed by atoms with Crippen LogP contribution in [0.25, 0.3) is 0 Å². The van der Waals surface area contributed by atoms with Gasteiger partial charge < -0.3 is 24.3 Å². The van der Waals surface area contributed by atoms with Gasteiger partial charge in [0.2, 0.25) is 0 Å². The Morgan fingerprint density at radius 3 is 2.56 bits per heavy atom. The Kier molecular flexibility index (Phi) is 7.56. The Morgan fingerprint density at radius 1 is 1.12 bits per heavy atom. The van der Waals surface area contributed by atoms with Crippen LogP contribution in [0.4, 0.5) is 0 Å². The summed E-state index contributed by atoms with van der Waals surface area (Å²) in [6.45, 7) is 7.73. The Balaban J connectivity index is 2.02. The molecule has 1 aliphatic carbocycles. The van der Waals surface area contributed by atoms with Gasteiger partial charge in [0, 0.05) is 29.3 Å². The number of rotatable bonds is 8. The minimum Gasteiger partial charge on any atom is -0.493 e. The molecule has 0 aromatic heterocycles. The topological polar surface area (TPSA) is 100 Å². The van der Waals surface area contributed by atoms with E-state index in [1.807, 2.05) is 0 Å². The lowest BCUT2D eigenvalue weighted by Crippen LogP contribution is -2.41. The molecule has 1 aromatic rings. The van der Waals surface area contributed by atoms with Gasteiger partial charge in [0.15, 0.2) is 23.9 Å². The molecule has 2 atom stereocenters. The molecule has 3 rings (SSSR count). The molecule has 0 spiro atoms. The number of carbonyl (C=O) groups is 3. The number of hydrogen-bond acceptors (Lipinski definition) is 8. The van der Waals surface area contributed by atoms with Crippen molar-refractivity contribution in [2.24, 2.45) is 5.92 Å². The molecular formula is C24H29NO7. The number of methoxy groups -OCH3 is 1. The summed E-state index contributed by atoms with van der Waals surface area (Å²) in [4.78, 5) is 37.4. The van der Waals surface area contributed by atoms with Crippen molar-refractivity contribution in [3.05, 3.63) is 47.3 Å². The molecule has 0 radical (unpaired) electrons. The summed E-state index contributed by atoms with van der Waals surface area (Å²) in [5, 5.41) is 3.18. The molecule has 2 aliphatic rings. The minimum absolute atomic E-state index is 0.00662. The van der Waals surface area contributed by atoms with E-state index in [1.54, 1.807) is 32.0 Å². The molecular weight excluding hydrogens is 414 g/mol. The molecule has 1 N–H and O–H groups in total. The highest BCUT2D eigenvalue weighted by Gasteiger charge is 2.44. The summed E-state index contributed by atoms with van der Waals surface area (Å²) in [5.74, 6) is -1.50. The van der Waals surface area contributed by atoms with Crippen molar-refractivity contribution in [2.45, 2.75) is 39.0 Å². The molecule has 172 valence electrons. The number of allylic oxidation sites excluding steroid dienone is 2. The van der Waals surface area contributed by atoms with E-state index in [2.05, 4.69) is 11.9 Å². The molecule has 0 bridgehead atoms. The van der Waals surface area contributed by atoms with Crippen molar-refractivity contribution >= 4 is 17.7 Å². The molecule has 0 fully saturated rings. The van der Waals surface area contributed by atoms with Crippen LogP contribution in [-0.4, -0.2) is 44.7 Å². The molecule has 32 heavy (non-hydrogen) atoms. The Morgan fingerprint density at radius 2 is 1.88 bits per heavy atom. The first-order chi connectivity index (χ1) is 15.4. The smallest absolute Gasteiger partial charge is 0.344 e. The van der Waals surface area contributed by atoms with Crippen molar-refractivity contribution in [3.63, 3.8) is 0 Å². The highest BCUT2D eigenvalue weighted by atomic mass is 16.6. The average Bonchev–Trinajstić information content (AvgIpc) is 2.77. The Bertz CT molecular complexity index is 950. The van der Waals surface area contributed by atoms with Gasteiger partial charge in [-0.05, 0) is 44.4 Å². The van der Waals surface area contributed by atoms with E-state index >= 15 is 0 Å². The quantitative estimate of drug-likeness (QED) is 0.612. The third-order valence-corrected chi connectivity index (χ3v) is 5.53. The monoisotopic (exact) mass is 443 g/mol. The maximum Gasteiger partial charge on any atom is 0.344 e. The summed E-state index contributed by atoms with van der Waals surface area (Å²) in [6, 6.07) is 5.15. The van der Waals surface area contributed by atoms with Gasteiger partial charge >= 0.3 is 11.9 Å². The van der Waals surface area contributed by atoms with Crippen LogP contribution in [0, 0.1) is 5.92 Å². The second-order valence-electron chi connectivity index (χ2n) is 7.53. The van der Waals surface area contributed by atoms with E-state index in [1.165, 1.54) is 7.11 Å². The van der Waals surface area contributed by atoms with E-state index in [-0.39, 0.29) is 25.6 Å². The van der Waals surface area contributed by atoms with E-state index in [0.717, 1.165) is 12.1 Å². The lowest BCUT2D eigenvalue weighted by Gasteiger charge is -2.38. The van der Waals surface area contributed by atoms with Crippen LogP contribution < -0.4 is 14.8 Å². The number of carbonyl (C=O) groups excluding carboxylic acids is 3. The number of nitrogens with one attached hydrogen (secondary N) is 1. The van der Waals surface area contributed by atoms with Crippen LogP contribution >= 0.6 is 0 Å². The van der Waals surface area contributed by atoms with Gasteiger partial charge in [-0.3, -0.25) is 9.59 Å². The van der Waals surface area contributed by atoms with Gasteiger partial charge in [0.25, 0.3) is 0 Å². The van der Waals surface area contributed by atoms with Crippen molar-refractivity contribution in [1.29, 1.82) is 0 Å². The fourth-order valence-electron chi connectivity index (χ4n) is 4.20. The number of hydrogen-bond donors (Lipinski definition) is 1. The van der Waals surface area contributed by atoms with Gasteiger partial charge in [-0.15, -0.1) is 0 Å². The summed E-state index contributed by atoms with van der Waals surface area (Å²) in [7, 11) is 1.48. The van der Waals surface area contributed by atoms with Gasteiger partial charge in [-0.1, -0.05) is 12.6 Å². The van der Waals surface area contributed by atoms with Crippen LogP contribution in [0.2, 0.25) is 0 Å². The number of esters is 2. The first-order valence-corrected chi connectivity index (χ1v) is 10.8. The number of ether oxygens (including phenoxy) is 4. The minimum atomic E-state index is -0.758. The average molecular weight is 443 g/mol. The van der Waals surface area contributed by atoms with Gasteiger partial charge in [0.05, 0.1) is 20.3 Å². The number of benzene rings is 1. The summed E-state index contributed by atoms with van der Waals surface area (Å²) >= 11 is 0. The van der Waals surface area contributed by atoms with Crippen LogP contribution in [0.1, 0.15) is 44.6 Å². The highest BCUT2D eigenvalue weighted by Crippen LogP contribution is 2.46. The maximum atomic E-state index is 12.9. The third-order valence-electron chi connectivity index (χ3n) is 5.53. The Labute approximate surface area is 187 Å². The zero-order chi connectivity index (χ0) is 23.3. The summed E-state index contributed by atoms with van der Waals surface area (Å²) in [6.07, 6.45) is 1.89. The largest absolute Gasteiger partial charge is 0.493 e. The number of Topliss-reactive ketones (excluding diaryl/α,β-unsaturated/α-hetero) is 1. The van der Waals surface area contributed by atoms with Gasteiger partial charge in [0.1, 0.15) is 5.92 Å². The summed E-state index contributed by atoms with van der Waals surface area (Å²) in [5.41, 5.74) is 2.60. The second kappa shape index (κ2) is 10.3. The molecule has 0 saturated carbocycles. The molecule has 0 amide bonds. The van der Waals surface area contributed by atoms with E-state index in [4.69, 9.17) is 18.9 Å². The van der Waals surface area contributed by atoms with Crippen LogP contribution in [0.15, 0.2) is 41.7 Å².